The number of fused-ring (bicyclic) bond motifs is 1. The number of likely N-dealkylation sites (tertiary alicyclic amines) is 1. The molecule has 4 heterocycles. The summed E-state index contributed by atoms with van der Waals surface area (Å²) in [5, 5.41) is 23.2. The lowest BCUT2D eigenvalue weighted by molar-refractivity contribution is -0.137. The number of nitrogens with zero attached hydrogens (tertiary/aromatic N) is 5. The summed E-state index contributed by atoms with van der Waals surface area (Å²) < 4.78 is 2.78. The van der Waals surface area contributed by atoms with Gasteiger partial charge in [-0.25, -0.2) is 4.98 Å². The van der Waals surface area contributed by atoms with E-state index in [2.05, 4.69) is 48.9 Å². The topological polar surface area (TPSA) is 116 Å². The molecule has 1 aromatic carbocycles. The molecular formula is C20H20ClIN6O3S. The fourth-order valence-corrected chi connectivity index (χ4v) is 6.11. The summed E-state index contributed by atoms with van der Waals surface area (Å²) >= 11 is 9.67. The maximum atomic E-state index is 12.7. The van der Waals surface area contributed by atoms with Crippen LogP contribution >= 0.6 is 46.0 Å². The fraction of sp³-hybridized carbons (Fsp3) is 0.400. The number of nitrogens with one attached hydrogen (secondary N) is 1. The molecule has 0 bridgehead atoms. The van der Waals surface area contributed by atoms with Gasteiger partial charge in [0.25, 0.3) is 0 Å². The summed E-state index contributed by atoms with van der Waals surface area (Å²) in [6.07, 6.45) is 0.177. The Labute approximate surface area is 206 Å². The minimum absolute atomic E-state index is 0.0376. The number of aliphatic hydroxyl groups is 2. The van der Waals surface area contributed by atoms with Gasteiger partial charge in [0.15, 0.2) is 17.0 Å². The molecule has 3 aromatic rings. The molecule has 1 amide bonds. The third kappa shape index (κ3) is 4.04. The Balaban J connectivity index is 1.42. The first-order valence-corrected chi connectivity index (χ1v) is 12.5. The first kappa shape index (κ1) is 22.1. The number of aliphatic hydroxyl groups excluding tert-OH is 2. The van der Waals surface area contributed by atoms with E-state index in [4.69, 9.17) is 11.6 Å². The first-order chi connectivity index (χ1) is 15.4. The number of rotatable bonds is 5. The Morgan fingerprint density at radius 1 is 1.28 bits per heavy atom. The molecule has 2 aliphatic rings. The second kappa shape index (κ2) is 8.93. The highest BCUT2D eigenvalue weighted by atomic mass is 127. The van der Waals surface area contributed by atoms with E-state index in [1.165, 1.54) is 18.1 Å². The Hall–Kier alpha value is -1.67. The van der Waals surface area contributed by atoms with Crippen molar-refractivity contribution < 1.29 is 15.0 Å². The van der Waals surface area contributed by atoms with Gasteiger partial charge in [0.2, 0.25) is 11.2 Å². The minimum Gasteiger partial charge on any atom is -0.389 e. The number of benzene rings is 1. The zero-order valence-corrected chi connectivity index (χ0v) is 20.5. The van der Waals surface area contributed by atoms with Gasteiger partial charge in [0.05, 0.1) is 6.33 Å². The van der Waals surface area contributed by atoms with Gasteiger partial charge in [-0.05, 0) is 58.3 Å². The monoisotopic (exact) mass is 586 g/mol. The molecule has 2 aliphatic heterocycles. The van der Waals surface area contributed by atoms with Crippen molar-refractivity contribution in [2.75, 3.05) is 18.4 Å². The Kier molecular flexibility index (Phi) is 6.18. The van der Waals surface area contributed by atoms with Crippen LogP contribution in [-0.2, 0) is 11.3 Å². The summed E-state index contributed by atoms with van der Waals surface area (Å²) in [7, 11) is 0. The Morgan fingerprint density at radius 2 is 2.09 bits per heavy atom. The number of carbonyl (C=O) groups is 1. The largest absolute Gasteiger partial charge is 0.389 e. The highest BCUT2D eigenvalue weighted by molar-refractivity contribution is 14.1. The standard InChI is InChI=1S/C20H20ClIN6O3S/c21-20-25-16(23-8-10-3-1-4-11(22)7-10)12-17(26-20)28(9-24-12)19-14(30)13(29)15(32-19)18(31)27-5-2-6-27/h1,3-4,7,9,13-15,19,29-30H,2,5-6,8H2,(H,23,25,26)/t13-,14+,15-,19+/m0/s1. The number of thioether (sulfide) groups is 1. The second-order valence-corrected chi connectivity index (χ2v) is 10.6. The lowest BCUT2D eigenvalue weighted by Gasteiger charge is -2.33. The molecule has 0 unspecified atom stereocenters. The zero-order chi connectivity index (χ0) is 22.4. The quantitative estimate of drug-likeness (QED) is 0.308. The number of hydrogen-bond acceptors (Lipinski definition) is 8. The van der Waals surface area contributed by atoms with E-state index in [1.807, 2.05) is 18.2 Å². The lowest BCUT2D eigenvalue weighted by atomic mass is 10.1. The molecule has 2 aromatic heterocycles. The van der Waals surface area contributed by atoms with Crippen LogP contribution in [0.2, 0.25) is 5.28 Å². The first-order valence-electron chi connectivity index (χ1n) is 10.1. The predicted molar refractivity (Wildman–Crippen MR) is 130 cm³/mol. The summed E-state index contributed by atoms with van der Waals surface area (Å²) in [6.45, 7) is 1.91. The molecule has 2 fully saturated rings. The van der Waals surface area contributed by atoms with Gasteiger partial charge < -0.3 is 20.4 Å². The van der Waals surface area contributed by atoms with E-state index in [-0.39, 0.29) is 11.2 Å². The summed E-state index contributed by atoms with van der Waals surface area (Å²) in [5.74, 6) is 0.330. The van der Waals surface area contributed by atoms with Crippen LogP contribution in [0.1, 0.15) is 17.4 Å². The van der Waals surface area contributed by atoms with E-state index in [0.29, 0.717) is 36.6 Å². The Morgan fingerprint density at radius 3 is 2.81 bits per heavy atom. The molecule has 12 heteroatoms. The molecule has 0 saturated carbocycles. The molecule has 4 atom stereocenters. The molecule has 0 aliphatic carbocycles. The number of anilines is 1. The summed E-state index contributed by atoms with van der Waals surface area (Å²) in [5.41, 5.74) is 2.01. The maximum Gasteiger partial charge on any atom is 0.238 e. The van der Waals surface area contributed by atoms with Crippen molar-refractivity contribution in [1.82, 2.24) is 24.4 Å². The highest BCUT2D eigenvalue weighted by Crippen LogP contribution is 2.44. The molecular weight excluding hydrogens is 567 g/mol. The summed E-state index contributed by atoms with van der Waals surface area (Å²) in [4.78, 5) is 27.4. The van der Waals surface area contributed by atoms with Gasteiger partial charge in [0, 0.05) is 23.2 Å². The second-order valence-electron chi connectivity index (χ2n) is 7.76. The number of carbonyl (C=O) groups excluding carboxylic acids is 1. The average molecular weight is 587 g/mol. The van der Waals surface area contributed by atoms with Crippen LogP contribution in [0.25, 0.3) is 11.2 Å². The van der Waals surface area contributed by atoms with Crippen molar-refractivity contribution in [3.63, 3.8) is 0 Å². The molecule has 0 radical (unpaired) electrons. The third-order valence-electron chi connectivity index (χ3n) is 5.67. The molecule has 168 valence electrons. The van der Waals surface area contributed by atoms with Crippen molar-refractivity contribution in [1.29, 1.82) is 0 Å². The van der Waals surface area contributed by atoms with E-state index in [9.17, 15) is 15.0 Å². The van der Waals surface area contributed by atoms with E-state index in [1.54, 1.807) is 9.47 Å². The molecule has 9 nitrogen and oxygen atoms in total. The lowest BCUT2D eigenvalue weighted by Crippen LogP contribution is -2.49. The van der Waals surface area contributed by atoms with Crippen LogP contribution in [0.4, 0.5) is 5.82 Å². The van der Waals surface area contributed by atoms with Crippen molar-refractivity contribution in [3.8, 4) is 0 Å². The van der Waals surface area contributed by atoms with Crippen molar-refractivity contribution >= 4 is 68.8 Å². The average Bonchev–Trinajstić information content (AvgIpc) is 3.26. The van der Waals surface area contributed by atoms with Crippen LogP contribution in [0, 0.1) is 3.57 Å². The van der Waals surface area contributed by atoms with Gasteiger partial charge in [-0.15, -0.1) is 11.8 Å². The molecule has 0 spiro atoms. The van der Waals surface area contributed by atoms with Crippen molar-refractivity contribution in [2.24, 2.45) is 0 Å². The number of halogens is 2. The zero-order valence-electron chi connectivity index (χ0n) is 16.7. The molecule has 2 saturated heterocycles. The van der Waals surface area contributed by atoms with Crippen molar-refractivity contribution in [3.05, 3.63) is 45.0 Å². The summed E-state index contributed by atoms with van der Waals surface area (Å²) in [6, 6.07) is 8.08. The predicted octanol–water partition coefficient (Wildman–Crippen LogP) is 2.26. The van der Waals surface area contributed by atoms with Crippen LogP contribution in [-0.4, -0.2) is 71.1 Å². The van der Waals surface area contributed by atoms with Crippen LogP contribution in [0.15, 0.2) is 30.6 Å². The highest BCUT2D eigenvalue weighted by Gasteiger charge is 2.49. The number of aromatic nitrogens is 4. The van der Waals surface area contributed by atoms with Gasteiger partial charge in [-0.3, -0.25) is 9.36 Å². The fourth-order valence-electron chi connectivity index (χ4n) is 3.84. The number of amides is 1. The maximum absolute atomic E-state index is 12.7. The SMILES string of the molecule is O=C([C@H]1S[C@@H](n2cnc3c(NCc4cccc(I)c4)nc(Cl)nc32)[C@H](O)[C@@H]1O)N1CCC1. The van der Waals surface area contributed by atoms with Gasteiger partial charge in [-0.2, -0.15) is 9.97 Å². The smallest absolute Gasteiger partial charge is 0.238 e. The van der Waals surface area contributed by atoms with Crippen molar-refractivity contribution in [2.45, 2.75) is 35.8 Å². The van der Waals surface area contributed by atoms with Crippen LogP contribution in [0.5, 0.6) is 0 Å². The van der Waals surface area contributed by atoms with E-state index >= 15 is 0 Å². The van der Waals surface area contributed by atoms with Crippen LogP contribution in [0.3, 0.4) is 0 Å². The molecule has 5 rings (SSSR count). The number of imidazole rings is 1. The molecule has 3 N–H and O–H groups in total. The third-order valence-corrected chi connectivity index (χ3v) is 8.07. The number of hydrogen-bond donors (Lipinski definition) is 3. The van der Waals surface area contributed by atoms with E-state index in [0.717, 1.165) is 15.6 Å². The van der Waals surface area contributed by atoms with Gasteiger partial charge in [-0.1, -0.05) is 12.1 Å². The van der Waals surface area contributed by atoms with E-state index < -0.39 is 22.8 Å². The Bertz CT molecular complexity index is 1180. The van der Waals surface area contributed by atoms with Gasteiger partial charge in [0.1, 0.15) is 22.8 Å². The molecule has 32 heavy (non-hydrogen) atoms. The van der Waals surface area contributed by atoms with Crippen LogP contribution < -0.4 is 5.32 Å². The minimum atomic E-state index is -1.17. The normalized spacial score (nSPS) is 25.2. The van der Waals surface area contributed by atoms with Gasteiger partial charge >= 0.3 is 0 Å².